The molecule has 12 heavy (non-hydrogen) atoms. The molecule has 1 rings (SSSR count). The molecule has 0 saturated heterocycles. The van der Waals surface area contributed by atoms with Crippen LogP contribution in [0.2, 0.25) is 0 Å². The Hall–Kier alpha value is -0.511. The van der Waals surface area contributed by atoms with Gasteiger partial charge in [0.1, 0.15) is 0 Å². The molecular formula is C9H10O2Sn. The van der Waals surface area contributed by atoms with Crippen LogP contribution in [0.1, 0.15) is 6.92 Å². The van der Waals surface area contributed by atoms with E-state index in [1.807, 2.05) is 37.3 Å². The Kier molecular flexibility index (Phi) is 4.14. The molecule has 0 N–H and O–H groups in total. The third-order valence-corrected chi connectivity index (χ3v) is 4.07. The summed E-state index contributed by atoms with van der Waals surface area (Å²) in [7, 11) is 0. The van der Waals surface area contributed by atoms with Gasteiger partial charge in [-0.25, -0.2) is 0 Å². The molecule has 62 valence electrons. The molecule has 0 aliphatic carbocycles. The van der Waals surface area contributed by atoms with E-state index in [0.29, 0.717) is 6.61 Å². The van der Waals surface area contributed by atoms with E-state index in [1.165, 1.54) is 3.58 Å². The van der Waals surface area contributed by atoms with Crippen molar-refractivity contribution in [3.63, 3.8) is 0 Å². The number of carbonyl (C=O) groups excluding carboxylic acids is 1. The second-order valence-corrected chi connectivity index (χ2v) is 5.74. The third-order valence-electron chi connectivity index (χ3n) is 1.30. The molecule has 0 fully saturated rings. The Bertz CT molecular complexity index is 246. The summed E-state index contributed by atoms with van der Waals surface area (Å²) in [5, 5.41) is 0. The van der Waals surface area contributed by atoms with Gasteiger partial charge in [-0.3, -0.25) is 0 Å². The summed E-state index contributed by atoms with van der Waals surface area (Å²) < 4.78 is 6.06. The first-order chi connectivity index (χ1) is 5.83. The second kappa shape index (κ2) is 5.19. The van der Waals surface area contributed by atoms with Gasteiger partial charge in [0.25, 0.3) is 0 Å². The molecule has 0 unspecified atom stereocenters. The molecule has 0 aromatic heterocycles. The quantitative estimate of drug-likeness (QED) is 0.770. The molecule has 3 heteroatoms. The molecule has 0 saturated carbocycles. The summed E-state index contributed by atoms with van der Waals surface area (Å²) >= 11 is -1.13. The maximum absolute atomic E-state index is 11.1. The van der Waals surface area contributed by atoms with Crippen LogP contribution in [0.15, 0.2) is 30.3 Å². The average molecular weight is 269 g/mol. The Morgan fingerprint density at radius 3 is 2.67 bits per heavy atom. The van der Waals surface area contributed by atoms with Gasteiger partial charge in [0.05, 0.1) is 0 Å². The molecule has 0 atom stereocenters. The minimum atomic E-state index is -1.13. The minimum absolute atomic E-state index is 0.00676. The number of ether oxygens (including phenoxy) is 1. The average Bonchev–Trinajstić information content (AvgIpc) is 2.06. The van der Waals surface area contributed by atoms with Crippen molar-refractivity contribution in [1.82, 2.24) is 0 Å². The molecule has 2 radical (unpaired) electrons. The van der Waals surface area contributed by atoms with E-state index in [9.17, 15) is 4.79 Å². The summed E-state index contributed by atoms with van der Waals surface area (Å²) in [4.78, 5) is 11.1. The number of benzene rings is 1. The third kappa shape index (κ3) is 3.26. The molecule has 2 nitrogen and oxygen atoms in total. The Morgan fingerprint density at radius 1 is 1.42 bits per heavy atom. The molecule has 0 aliphatic heterocycles. The van der Waals surface area contributed by atoms with E-state index >= 15 is 0 Å². The topological polar surface area (TPSA) is 26.3 Å². The van der Waals surface area contributed by atoms with Crippen LogP contribution in [-0.4, -0.2) is 31.7 Å². The monoisotopic (exact) mass is 270 g/mol. The van der Waals surface area contributed by atoms with E-state index in [-0.39, 0.29) is 3.99 Å². The molecule has 0 aliphatic rings. The van der Waals surface area contributed by atoms with Crippen LogP contribution in [0, 0.1) is 0 Å². The van der Waals surface area contributed by atoms with E-state index in [0.717, 1.165) is 0 Å². The van der Waals surface area contributed by atoms with Gasteiger partial charge in [-0.05, 0) is 0 Å². The van der Waals surface area contributed by atoms with Gasteiger partial charge < -0.3 is 0 Å². The van der Waals surface area contributed by atoms with Crippen molar-refractivity contribution in [1.29, 1.82) is 0 Å². The summed E-state index contributed by atoms with van der Waals surface area (Å²) in [5.41, 5.74) is 0. The maximum atomic E-state index is 11.1. The fourth-order valence-electron chi connectivity index (χ4n) is 0.807. The van der Waals surface area contributed by atoms with Crippen molar-refractivity contribution in [2.45, 2.75) is 6.92 Å². The zero-order chi connectivity index (χ0) is 8.81. The Labute approximate surface area is 82.1 Å². The zero-order valence-corrected chi connectivity index (χ0v) is 9.76. The van der Waals surface area contributed by atoms with Crippen LogP contribution in [0.5, 0.6) is 0 Å². The van der Waals surface area contributed by atoms with Crippen molar-refractivity contribution in [3.8, 4) is 0 Å². The predicted octanol–water partition coefficient (Wildman–Crippen LogP) is 1.17. The standard InChI is InChI=1S/C6H5.C3H5O2.Sn/c1-2-4-6-5-3-1;1-2-5-3-4;/h1-5H;2H2,1H3;. The number of rotatable bonds is 3. The van der Waals surface area contributed by atoms with E-state index in [4.69, 9.17) is 4.74 Å². The molecule has 0 heterocycles. The van der Waals surface area contributed by atoms with Crippen molar-refractivity contribution in [3.05, 3.63) is 30.3 Å². The molecule has 0 bridgehead atoms. The van der Waals surface area contributed by atoms with Gasteiger partial charge in [-0.1, -0.05) is 0 Å². The Morgan fingerprint density at radius 2 is 2.08 bits per heavy atom. The van der Waals surface area contributed by atoms with Crippen molar-refractivity contribution in [2.24, 2.45) is 0 Å². The summed E-state index contributed by atoms with van der Waals surface area (Å²) in [6.45, 7) is 2.33. The summed E-state index contributed by atoms with van der Waals surface area (Å²) in [6, 6.07) is 9.84. The fourth-order valence-corrected chi connectivity index (χ4v) is 3.12. The zero-order valence-electron chi connectivity index (χ0n) is 6.91. The van der Waals surface area contributed by atoms with Crippen molar-refractivity contribution >= 4 is 28.7 Å². The van der Waals surface area contributed by atoms with Gasteiger partial charge in [0, 0.05) is 0 Å². The number of carbonyl (C=O) groups is 1. The van der Waals surface area contributed by atoms with Gasteiger partial charge in [-0.2, -0.15) is 0 Å². The molecule has 1 aromatic carbocycles. The van der Waals surface area contributed by atoms with Crippen molar-refractivity contribution < 1.29 is 9.53 Å². The first kappa shape index (κ1) is 9.58. The normalized spacial score (nSPS) is 9.42. The molecule has 1 aromatic rings. The molecule has 0 spiro atoms. The first-order valence-electron chi connectivity index (χ1n) is 3.81. The van der Waals surface area contributed by atoms with Gasteiger partial charge >= 0.3 is 82.1 Å². The van der Waals surface area contributed by atoms with E-state index in [1.54, 1.807) is 0 Å². The van der Waals surface area contributed by atoms with Crippen LogP contribution >= 0.6 is 0 Å². The van der Waals surface area contributed by atoms with E-state index < -0.39 is 21.1 Å². The van der Waals surface area contributed by atoms with E-state index in [2.05, 4.69) is 0 Å². The number of hydrogen-bond donors (Lipinski definition) is 0. The van der Waals surface area contributed by atoms with Crippen LogP contribution < -0.4 is 3.58 Å². The number of hydrogen-bond acceptors (Lipinski definition) is 2. The van der Waals surface area contributed by atoms with Crippen LogP contribution in [-0.2, 0) is 4.74 Å². The Balaban J connectivity index is 2.47. The SMILES string of the molecule is CCO[C](=O)[Sn][c]1ccccc1. The van der Waals surface area contributed by atoms with Gasteiger partial charge in [0.2, 0.25) is 0 Å². The summed E-state index contributed by atoms with van der Waals surface area (Å²) in [5.74, 6) is 0. The first-order valence-corrected chi connectivity index (χ1v) is 6.67. The summed E-state index contributed by atoms with van der Waals surface area (Å²) in [6.07, 6.45) is 0. The van der Waals surface area contributed by atoms with Gasteiger partial charge in [-0.15, -0.1) is 0 Å². The second-order valence-electron chi connectivity index (χ2n) is 2.21. The van der Waals surface area contributed by atoms with Crippen LogP contribution in [0.3, 0.4) is 0 Å². The van der Waals surface area contributed by atoms with Crippen LogP contribution in [0.4, 0.5) is 4.79 Å². The van der Waals surface area contributed by atoms with Crippen LogP contribution in [0.25, 0.3) is 0 Å². The molecule has 0 amide bonds. The van der Waals surface area contributed by atoms with Crippen molar-refractivity contribution in [2.75, 3.05) is 6.61 Å². The fraction of sp³-hybridized carbons (Fsp3) is 0.222. The predicted molar refractivity (Wildman–Crippen MR) is 48.9 cm³/mol. The molecular weight excluding hydrogens is 259 g/mol. The van der Waals surface area contributed by atoms with Gasteiger partial charge in [0.15, 0.2) is 0 Å².